The lowest BCUT2D eigenvalue weighted by atomic mass is 10.5. The minimum atomic E-state index is -0.414. The topological polar surface area (TPSA) is 54.5 Å². The van der Waals surface area contributed by atoms with Gasteiger partial charge in [-0.15, -0.1) is 11.3 Å². The van der Waals surface area contributed by atoms with Gasteiger partial charge in [0.2, 0.25) is 0 Å². The molecule has 1 aromatic heterocycles. The summed E-state index contributed by atoms with van der Waals surface area (Å²) in [5.41, 5.74) is 3.27. The molecule has 0 aliphatic heterocycles. The van der Waals surface area contributed by atoms with Gasteiger partial charge in [0.05, 0.1) is 7.11 Å². The maximum absolute atomic E-state index is 11.0. The number of ether oxygens (including phenoxy) is 1. The Morgan fingerprint density at radius 1 is 1.69 bits per heavy atom. The van der Waals surface area contributed by atoms with Gasteiger partial charge in [0.1, 0.15) is 0 Å². The molecular weight excluding hydrogens is 190 g/mol. The Balaban J connectivity index is 2.69. The number of carbonyl (C=O) groups excluding carboxylic acids is 1. The molecule has 5 nitrogen and oxygen atoms in total. The monoisotopic (exact) mass is 201 g/mol. The van der Waals surface area contributed by atoms with E-state index in [1.807, 2.05) is 14.1 Å². The molecule has 0 aliphatic rings. The molecule has 0 amide bonds. The number of nitrogens with zero attached hydrogens (tertiary/aromatic N) is 2. The van der Waals surface area contributed by atoms with E-state index >= 15 is 0 Å². The predicted molar refractivity (Wildman–Crippen MR) is 50.8 cm³/mol. The second kappa shape index (κ2) is 4.20. The standard InChI is InChI=1S/C7H11N3O2S/c1-10(2)9-7-8-5(4-13-7)6(11)12-3/h4H,1-3H3,(H,8,9). The van der Waals surface area contributed by atoms with Crippen molar-refractivity contribution >= 4 is 22.4 Å². The van der Waals surface area contributed by atoms with Crippen LogP contribution in [0.25, 0.3) is 0 Å². The number of methoxy groups -OCH3 is 1. The first kappa shape index (κ1) is 9.94. The van der Waals surface area contributed by atoms with Crippen LogP contribution in [0.2, 0.25) is 0 Å². The van der Waals surface area contributed by atoms with Gasteiger partial charge >= 0.3 is 5.97 Å². The molecule has 1 rings (SSSR count). The lowest BCUT2D eigenvalue weighted by Crippen LogP contribution is -2.19. The van der Waals surface area contributed by atoms with E-state index in [9.17, 15) is 4.79 Å². The van der Waals surface area contributed by atoms with Crippen LogP contribution in [-0.4, -0.2) is 37.2 Å². The number of esters is 1. The third-order valence-electron chi connectivity index (χ3n) is 1.22. The highest BCUT2D eigenvalue weighted by Crippen LogP contribution is 2.15. The second-order valence-corrected chi connectivity index (χ2v) is 3.39. The maximum atomic E-state index is 11.0. The molecular formula is C7H11N3O2S. The van der Waals surface area contributed by atoms with Gasteiger partial charge in [0, 0.05) is 19.5 Å². The lowest BCUT2D eigenvalue weighted by Gasteiger charge is -2.08. The number of aromatic nitrogens is 1. The van der Waals surface area contributed by atoms with Crippen molar-refractivity contribution in [2.45, 2.75) is 0 Å². The summed E-state index contributed by atoms with van der Waals surface area (Å²) in [5.74, 6) is -0.414. The van der Waals surface area contributed by atoms with Gasteiger partial charge in [-0.05, 0) is 0 Å². The van der Waals surface area contributed by atoms with Crippen LogP contribution in [0.1, 0.15) is 10.5 Å². The quantitative estimate of drug-likeness (QED) is 0.579. The van der Waals surface area contributed by atoms with E-state index in [1.165, 1.54) is 18.4 Å². The smallest absolute Gasteiger partial charge is 0.357 e. The van der Waals surface area contributed by atoms with E-state index in [0.29, 0.717) is 10.8 Å². The Labute approximate surface area is 80.3 Å². The van der Waals surface area contributed by atoms with Crippen LogP contribution in [0.15, 0.2) is 5.38 Å². The van der Waals surface area contributed by atoms with E-state index in [2.05, 4.69) is 15.1 Å². The van der Waals surface area contributed by atoms with Crippen LogP contribution in [0.4, 0.5) is 5.13 Å². The largest absolute Gasteiger partial charge is 0.464 e. The van der Waals surface area contributed by atoms with Crippen molar-refractivity contribution in [1.82, 2.24) is 9.99 Å². The Kier molecular flexibility index (Phi) is 3.21. The van der Waals surface area contributed by atoms with Gasteiger partial charge in [-0.3, -0.25) is 5.43 Å². The molecule has 0 saturated carbocycles. The van der Waals surface area contributed by atoms with Crippen molar-refractivity contribution < 1.29 is 9.53 Å². The minimum Gasteiger partial charge on any atom is -0.464 e. The summed E-state index contributed by atoms with van der Waals surface area (Å²) in [7, 11) is 5.03. The summed E-state index contributed by atoms with van der Waals surface area (Å²) in [4.78, 5) is 15.0. The molecule has 72 valence electrons. The Morgan fingerprint density at radius 3 is 2.92 bits per heavy atom. The van der Waals surface area contributed by atoms with E-state index in [-0.39, 0.29) is 0 Å². The highest BCUT2D eigenvalue weighted by atomic mass is 32.1. The molecule has 1 N–H and O–H groups in total. The molecule has 0 radical (unpaired) electrons. The van der Waals surface area contributed by atoms with Crippen LogP contribution in [-0.2, 0) is 4.74 Å². The third kappa shape index (κ3) is 2.67. The average Bonchev–Trinajstić information content (AvgIpc) is 2.50. The summed E-state index contributed by atoms with van der Waals surface area (Å²) in [6.45, 7) is 0. The van der Waals surface area contributed by atoms with Gasteiger partial charge in [-0.25, -0.2) is 14.8 Å². The molecule has 0 saturated heterocycles. The van der Waals surface area contributed by atoms with E-state index < -0.39 is 5.97 Å². The number of hydrogen-bond donors (Lipinski definition) is 1. The van der Waals surface area contributed by atoms with Gasteiger partial charge in [-0.2, -0.15) is 0 Å². The second-order valence-electron chi connectivity index (χ2n) is 2.54. The number of hydrogen-bond acceptors (Lipinski definition) is 6. The lowest BCUT2D eigenvalue weighted by molar-refractivity contribution is 0.0595. The maximum Gasteiger partial charge on any atom is 0.357 e. The molecule has 0 aliphatic carbocycles. The van der Waals surface area contributed by atoms with Crippen LogP contribution in [0.5, 0.6) is 0 Å². The van der Waals surface area contributed by atoms with E-state index in [0.717, 1.165) is 0 Å². The highest BCUT2D eigenvalue weighted by Gasteiger charge is 2.10. The predicted octanol–water partition coefficient (Wildman–Crippen LogP) is 0.818. The van der Waals surface area contributed by atoms with Gasteiger partial charge in [0.15, 0.2) is 10.8 Å². The van der Waals surface area contributed by atoms with Crippen molar-refractivity contribution in [2.75, 3.05) is 26.6 Å². The molecule has 6 heteroatoms. The SMILES string of the molecule is COC(=O)c1csc(NN(C)C)n1. The van der Waals surface area contributed by atoms with Crippen LogP contribution < -0.4 is 5.43 Å². The van der Waals surface area contributed by atoms with Crippen LogP contribution in [0, 0.1) is 0 Å². The summed E-state index contributed by atoms with van der Waals surface area (Å²) in [6, 6.07) is 0. The van der Waals surface area contributed by atoms with Gasteiger partial charge in [0.25, 0.3) is 0 Å². The molecule has 13 heavy (non-hydrogen) atoms. The van der Waals surface area contributed by atoms with Crippen molar-refractivity contribution in [2.24, 2.45) is 0 Å². The fraction of sp³-hybridized carbons (Fsp3) is 0.429. The van der Waals surface area contributed by atoms with Crippen molar-refractivity contribution in [3.8, 4) is 0 Å². The van der Waals surface area contributed by atoms with Gasteiger partial charge in [-0.1, -0.05) is 0 Å². The average molecular weight is 201 g/mol. The number of thiazole rings is 1. The first-order chi connectivity index (χ1) is 6.13. The normalized spacial score (nSPS) is 10.2. The number of carbonyl (C=O) groups is 1. The summed E-state index contributed by atoms with van der Waals surface area (Å²) >= 11 is 1.36. The van der Waals surface area contributed by atoms with E-state index in [4.69, 9.17) is 0 Å². The van der Waals surface area contributed by atoms with Crippen molar-refractivity contribution in [3.63, 3.8) is 0 Å². The van der Waals surface area contributed by atoms with Crippen LogP contribution >= 0.6 is 11.3 Å². The van der Waals surface area contributed by atoms with E-state index in [1.54, 1.807) is 10.4 Å². The molecule has 0 fully saturated rings. The number of rotatable bonds is 3. The third-order valence-corrected chi connectivity index (χ3v) is 1.96. The molecule has 0 atom stereocenters. The first-order valence-corrected chi connectivity index (χ1v) is 4.49. The number of hydrazine groups is 1. The first-order valence-electron chi connectivity index (χ1n) is 3.61. The fourth-order valence-electron chi connectivity index (χ4n) is 0.715. The number of anilines is 1. The Bertz CT molecular complexity index is 298. The Hall–Kier alpha value is -1.14. The summed E-state index contributed by atoms with van der Waals surface area (Å²) < 4.78 is 4.52. The molecule has 0 spiro atoms. The fourth-order valence-corrected chi connectivity index (χ4v) is 1.47. The van der Waals surface area contributed by atoms with Crippen LogP contribution in [0.3, 0.4) is 0 Å². The Morgan fingerprint density at radius 2 is 2.38 bits per heavy atom. The summed E-state index contributed by atoms with van der Waals surface area (Å²) in [6.07, 6.45) is 0. The molecule has 1 aromatic rings. The number of nitrogens with one attached hydrogen (secondary N) is 1. The highest BCUT2D eigenvalue weighted by molar-refractivity contribution is 7.13. The molecule has 0 aromatic carbocycles. The van der Waals surface area contributed by atoms with Gasteiger partial charge < -0.3 is 4.74 Å². The van der Waals surface area contributed by atoms with Crippen molar-refractivity contribution in [3.05, 3.63) is 11.1 Å². The minimum absolute atomic E-state index is 0.330. The van der Waals surface area contributed by atoms with Crippen molar-refractivity contribution in [1.29, 1.82) is 0 Å². The zero-order valence-corrected chi connectivity index (χ0v) is 8.51. The molecule has 1 heterocycles. The molecule has 0 unspecified atom stereocenters. The molecule has 0 bridgehead atoms. The zero-order valence-electron chi connectivity index (χ0n) is 7.70. The summed E-state index contributed by atoms with van der Waals surface area (Å²) in [5, 5.41) is 4.07. The zero-order chi connectivity index (χ0) is 9.84.